The molecule has 2 aromatic carbocycles. The first kappa shape index (κ1) is 17.6. The average molecular weight is 351 g/mol. The molecule has 0 spiro atoms. The van der Waals surface area contributed by atoms with Gasteiger partial charge in [-0.2, -0.15) is 5.26 Å². The summed E-state index contributed by atoms with van der Waals surface area (Å²) in [6.07, 6.45) is 0.546. The summed E-state index contributed by atoms with van der Waals surface area (Å²) < 4.78 is 13.6. The molecule has 2 amide bonds. The van der Waals surface area contributed by atoms with Crippen LogP contribution in [0.2, 0.25) is 0 Å². The first-order valence-corrected chi connectivity index (χ1v) is 8.40. The van der Waals surface area contributed by atoms with Gasteiger partial charge in [-0.05, 0) is 42.3 Å². The number of carbonyl (C=O) groups excluding carboxylic acids is 2. The molecule has 1 aliphatic rings. The molecule has 5 nitrogen and oxygen atoms in total. The van der Waals surface area contributed by atoms with Crippen LogP contribution in [0, 0.1) is 23.1 Å². The summed E-state index contributed by atoms with van der Waals surface area (Å²) in [6.45, 7) is 0.623. The number of hydrogen-bond acceptors (Lipinski definition) is 3. The van der Waals surface area contributed by atoms with Crippen molar-refractivity contribution >= 4 is 17.5 Å². The molecule has 0 aliphatic carbocycles. The van der Waals surface area contributed by atoms with Crippen molar-refractivity contribution in [3.8, 4) is 6.07 Å². The zero-order chi connectivity index (χ0) is 18.5. The average Bonchev–Trinajstić information content (AvgIpc) is 3.05. The topological polar surface area (TPSA) is 73.2 Å². The number of anilines is 1. The van der Waals surface area contributed by atoms with E-state index in [0.29, 0.717) is 36.3 Å². The van der Waals surface area contributed by atoms with Gasteiger partial charge in [-0.1, -0.05) is 18.2 Å². The molecule has 0 radical (unpaired) electrons. The number of halogens is 1. The lowest BCUT2D eigenvalue weighted by Gasteiger charge is -2.16. The van der Waals surface area contributed by atoms with Crippen LogP contribution in [-0.2, 0) is 16.0 Å². The molecule has 0 saturated carbocycles. The predicted octanol–water partition coefficient (Wildman–Crippen LogP) is 2.41. The first-order chi connectivity index (χ1) is 12.6. The number of rotatable bonds is 5. The highest BCUT2D eigenvalue weighted by Crippen LogP contribution is 2.25. The second kappa shape index (κ2) is 7.79. The Bertz CT molecular complexity index is 858. The first-order valence-electron chi connectivity index (χ1n) is 8.40. The summed E-state index contributed by atoms with van der Waals surface area (Å²) in [5.74, 6) is -1.04. The fourth-order valence-corrected chi connectivity index (χ4v) is 3.01. The van der Waals surface area contributed by atoms with Crippen LogP contribution in [0.3, 0.4) is 0 Å². The molecule has 132 valence electrons. The fraction of sp³-hybridized carbons (Fsp3) is 0.250. The minimum atomic E-state index is -0.432. The smallest absolute Gasteiger partial charge is 0.227 e. The highest BCUT2D eigenvalue weighted by Gasteiger charge is 2.34. The second-order valence-corrected chi connectivity index (χ2v) is 6.20. The van der Waals surface area contributed by atoms with Crippen LogP contribution in [0.25, 0.3) is 0 Å². The molecule has 1 fully saturated rings. The van der Waals surface area contributed by atoms with E-state index in [1.807, 2.05) is 6.07 Å². The Morgan fingerprint density at radius 2 is 1.96 bits per heavy atom. The van der Waals surface area contributed by atoms with E-state index in [4.69, 9.17) is 5.26 Å². The molecule has 6 heteroatoms. The van der Waals surface area contributed by atoms with Crippen molar-refractivity contribution in [2.24, 2.45) is 5.92 Å². The van der Waals surface area contributed by atoms with Crippen molar-refractivity contribution in [2.75, 3.05) is 18.0 Å². The zero-order valence-electron chi connectivity index (χ0n) is 14.1. The molecular formula is C20H18FN3O2. The molecule has 1 unspecified atom stereocenters. The van der Waals surface area contributed by atoms with E-state index in [1.165, 1.54) is 6.07 Å². The van der Waals surface area contributed by atoms with Gasteiger partial charge in [0.15, 0.2) is 0 Å². The Morgan fingerprint density at radius 3 is 2.65 bits per heavy atom. The number of nitriles is 1. The van der Waals surface area contributed by atoms with Gasteiger partial charge < -0.3 is 10.2 Å². The van der Waals surface area contributed by atoms with Crippen LogP contribution in [0.4, 0.5) is 10.1 Å². The number of benzene rings is 2. The Balaban J connectivity index is 1.55. The Morgan fingerprint density at radius 1 is 1.23 bits per heavy atom. The van der Waals surface area contributed by atoms with Crippen LogP contribution in [0.5, 0.6) is 0 Å². The Labute approximate surface area is 151 Å². The van der Waals surface area contributed by atoms with Gasteiger partial charge in [0, 0.05) is 25.2 Å². The third-order valence-corrected chi connectivity index (χ3v) is 4.46. The number of nitrogens with zero attached hydrogens (tertiary/aromatic N) is 2. The molecule has 2 aromatic rings. The summed E-state index contributed by atoms with van der Waals surface area (Å²) in [4.78, 5) is 26.1. The van der Waals surface area contributed by atoms with E-state index in [9.17, 15) is 14.0 Å². The van der Waals surface area contributed by atoms with Crippen LogP contribution in [0.15, 0.2) is 48.5 Å². The largest absolute Gasteiger partial charge is 0.355 e. The van der Waals surface area contributed by atoms with Crippen molar-refractivity contribution in [2.45, 2.75) is 12.8 Å². The van der Waals surface area contributed by atoms with Crippen LogP contribution >= 0.6 is 0 Å². The summed E-state index contributed by atoms with van der Waals surface area (Å²) in [6, 6.07) is 15.2. The highest BCUT2D eigenvalue weighted by molar-refractivity contribution is 6.00. The maximum Gasteiger partial charge on any atom is 0.227 e. The Kier molecular flexibility index (Phi) is 5.28. The zero-order valence-corrected chi connectivity index (χ0v) is 14.1. The number of hydrogen-bond donors (Lipinski definition) is 1. The van der Waals surface area contributed by atoms with Crippen molar-refractivity contribution < 1.29 is 14.0 Å². The third kappa shape index (κ3) is 3.89. The van der Waals surface area contributed by atoms with Gasteiger partial charge in [0.2, 0.25) is 11.8 Å². The van der Waals surface area contributed by atoms with E-state index in [1.54, 1.807) is 47.4 Å². The lowest BCUT2D eigenvalue weighted by atomic mass is 10.1. The van der Waals surface area contributed by atoms with E-state index >= 15 is 0 Å². The minimum Gasteiger partial charge on any atom is -0.355 e. The van der Waals surface area contributed by atoms with E-state index < -0.39 is 5.92 Å². The molecule has 1 atom stereocenters. The van der Waals surface area contributed by atoms with Crippen LogP contribution in [-0.4, -0.2) is 24.9 Å². The third-order valence-electron chi connectivity index (χ3n) is 4.46. The molecule has 1 aliphatic heterocycles. The predicted molar refractivity (Wildman–Crippen MR) is 94.7 cm³/mol. The van der Waals surface area contributed by atoms with E-state index in [-0.39, 0.29) is 24.1 Å². The van der Waals surface area contributed by atoms with Crippen molar-refractivity contribution in [3.05, 3.63) is 65.5 Å². The van der Waals surface area contributed by atoms with Crippen LogP contribution in [0.1, 0.15) is 17.5 Å². The summed E-state index contributed by atoms with van der Waals surface area (Å²) in [5.41, 5.74) is 1.74. The lowest BCUT2D eigenvalue weighted by molar-refractivity contribution is -0.126. The maximum absolute atomic E-state index is 13.6. The highest BCUT2D eigenvalue weighted by atomic mass is 19.1. The van der Waals surface area contributed by atoms with Crippen molar-refractivity contribution in [1.82, 2.24) is 5.32 Å². The summed E-state index contributed by atoms with van der Waals surface area (Å²) in [5, 5.41) is 11.6. The SMILES string of the molecule is N#Cc1ccc(N2CC(C(=O)NCCc3ccccc3F)CC2=O)cc1. The van der Waals surface area contributed by atoms with Gasteiger partial charge in [-0.25, -0.2) is 4.39 Å². The molecule has 1 N–H and O–H groups in total. The molecule has 26 heavy (non-hydrogen) atoms. The number of nitrogens with one attached hydrogen (secondary N) is 1. The normalized spacial score (nSPS) is 16.4. The number of amides is 2. The van der Waals surface area contributed by atoms with Gasteiger partial charge in [0.05, 0.1) is 17.6 Å². The van der Waals surface area contributed by atoms with Gasteiger partial charge in [-0.3, -0.25) is 9.59 Å². The van der Waals surface area contributed by atoms with Crippen molar-refractivity contribution in [1.29, 1.82) is 5.26 Å². The second-order valence-electron chi connectivity index (χ2n) is 6.20. The van der Waals surface area contributed by atoms with Gasteiger partial charge in [0.1, 0.15) is 5.82 Å². The molecule has 0 bridgehead atoms. The summed E-state index contributed by atoms with van der Waals surface area (Å²) >= 11 is 0. The van der Waals surface area contributed by atoms with Crippen LogP contribution < -0.4 is 10.2 Å². The van der Waals surface area contributed by atoms with Crippen molar-refractivity contribution in [3.63, 3.8) is 0 Å². The number of carbonyl (C=O) groups is 2. The van der Waals surface area contributed by atoms with Gasteiger partial charge in [0.25, 0.3) is 0 Å². The monoisotopic (exact) mass is 351 g/mol. The van der Waals surface area contributed by atoms with E-state index in [2.05, 4.69) is 5.32 Å². The molecule has 3 rings (SSSR count). The molecular weight excluding hydrogens is 333 g/mol. The quantitative estimate of drug-likeness (QED) is 0.899. The van der Waals surface area contributed by atoms with Gasteiger partial charge >= 0.3 is 0 Å². The van der Waals surface area contributed by atoms with E-state index in [0.717, 1.165) is 0 Å². The maximum atomic E-state index is 13.6. The molecule has 1 heterocycles. The van der Waals surface area contributed by atoms with Gasteiger partial charge in [-0.15, -0.1) is 0 Å². The fourth-order valence-electron chi connectivity index (χ4n) is 3.01. The minimum absolute atomic E-state index is 0.121. The molecule has 0 aromatic heterocycles. The Hall–Kier alpha value is -3.20. The lowest BCUT2D eigenvalue weighted by Crippen LogP contribution is -2.34. The molecule has 1 saturated heterocycles. The standard InChI is InChI=1S/C20H18FN3O2/c21-18-4-2-1-3-15(18)9-10-23-20(26)16-11-19(25)24(13-16)17-7-5-14(12-22)6-8-17/h1-8,16H,9-11,13H2,(H,23,26). The summed E-state index contributed by atoms with van der Waals surface area (Å²) in [7, 11) is 0.